The SMILES string of the molecule is OCC1CC(NC2CCCOc3cc4c(cc32)CCC4)c2ccccc21. The molecule has 0 amide bonds. The van der Waals surface area contributed by atoms with E-state index in [9.17, 15) is 5.11 Å². The van der Waals surface area contributed by atoms with Crippen molar-refractivity contribution < 1.29 is 9.84 Å². The lowest BCUT2D eigenvalue weighted by atomic mass is 9.96. The van der Waals surface area contributed by atoms with Crippen LogP contribution < -0.4 is 10.1 Å². The second kappa shape index (κ2) is 6.71. The molecule has 3 atom stereocenters. The van der Waals surface area contributed by atoms with E-state index in [2.05, 4.69) is 41.7 Å². The van der Waals surface area contributed by atoms with Gasteiger partial charge in [0.15, 0.2) is 0 Å². The van der Waals surface area contributed by atoms with Gasteiger partial charge < -0.3 is 15.2 Å². The Labute approximate surface area is 155 Å². The quantitative estimate of drug-likeness (QED) is 0.873. The zero-order valence-corrected chi connectivity index (χ0v) is 15.2. The van der Waals surface area contributed by atoms with Crippen LogP contribution >= 0.6 is 0 Å². The maximum atomic E-state index is 9.80. The second-order valence-electron chi connectivity index (χ2n) is 8.02. The Bertz CT molecular complexity index is 816. The van der Waals surface area contributed by atoms with Crippen molar-refractivity contribution in [3.05, 3.63) is 64.2 Å². The Morgan fingerprint density at radius 3 is 2.62 bits per heavy atom. The first-order valence-electron chi connectivity index (χ1n) is 10.1. The summed E-state index contributed by atoms with van der Waals surface area (Å²) in [6.45, 7) is 1.04. The van der Waals surface area contributed by atoms with Crippen molar-refractivity contribution in [1.29, 1.82) is 0 Å². The van der Waals surface area contributed by atoms with E-state index in [-0.39, 0.29) is 12.5 Å². The molecule has 2 aliphatic carbocycles. The highest BCUT2D eigenvalue weighted by Crippen LogP contribution is 2.43. The fraction of sp³-hybridized carbons (Fsp3) is 0.478. The number of aliphatic hydroxyl groups is 1. The lowest BCUT2D eigenvalue weighted by molar-refractivity contribution is 0.255. The van der Waals surface area contributed by atoms with Gasteiger partial charge in [-0.15, -0.1) is 0 Å². The number of nitrogens with one attached hydrogen (secondary N) is 1. The highest BCUT2D eigenvalue weighted by atomic mass is 16.5. The Balaban J connectivity index is 1.47. The van der Waals surface area contributed by atoms with Crippen molar-refractivity contribution in [3.8, 4) is 5.75 Å². The molecule has 1 heterocycles. The van der Waals surface area contributed by atoms with Gasteiger partial charge in [-0.2, -0.15) is 0 Å². The Hall–Kier alpha value is -1.84. The van der Waals surface area contributed by atoms with Crippen LogP contribution in [0.25, 0.3) is 0 Å². The summed E-state index contributed by atoms with van der Waals surface area (Å²) < 4.78 is 6.10. The zero-order chi connectivity index (χ0) is 17.5. The van der Waals surface area contributed by atoms with E-state index >= 15 is 0 Å². The summed E-state index contributed by atoms with van der Waals surface area (Å²) in [7, 11) is 0. The molecule has 0 saturated carbocycles. The largest absolute Gasteiger partial charge is 0.493 e. The molecule has 0 radical (unpaired) electrons. The summed E-state index contributed by atoms with van der Waals surface area (Å²) in [6, 6.07) is 13.9. The number of aryl methyl sites for hydroxylation is 2. The number of aliphatic hydroxyl groups excluding tert-OH is 1. The zero-order valence-electron chi connectivity index (χ0n) is 15.2. The van der Waals surface area contributed by atoms with E-state index in [1.54, 1.807) is 0 Å². The molecular weight excluding hydrogens is 322 g/mol. The number of rotatable bonds is 3. The summed E-state index contributed by atoms with van der Waals surface area (Å²) in [5, 5.41) is 13.7. The van der Waals surface area contributed by atoms with Gasteiger partial charge in [0.25, 0.3) is 0 Å². The molecule has 136 valence electrons. The smallest absolute Gasteiger partial charge is 0.124 e. The van der Waals surface area contributed by atoms with Crippen LogP contribution in [0.3, 0.4) is 0 Å². The third-order valence-corrected chi connectivity index (χ3v) is 6.45. The van der Waals surface area contributed by atoms with Gasteiger partial charge in [-0.3, -0.25) is 0 Å². The fourth-order valence-corrected chi connectivity index (χ4v) is 5.13. The molecule has 2 aromatic rings. The molecule has 0 bridgehead atoms. The maximum Gasteiger partial charge on any atom is 0.124 e. The van der Waals surface area contributed by atoms with Gasteiger partial charge in [0.05, 0.1) is 13.2 Å². The van der Waals surface area contributed by atoms with Crippen LogP contribution in [0, 0.1) is 0 Å². The van der Waals surface area contributed by atoms with Crippen molar-refractivity contribution in [2.24, 2.45) is 0 Å². The molecule has 26 heavy (non-hydrogen) atoms. The molecule has 1 aliphatic heterocycles. The number of ether oxygens (including phenoxy) is 1. The first-order valence-corrected chi connectivity index (χ1v) is 10.1. The minimum Gasteiger partial charge on any atom is -0.493 e. The van der Waals surface area contributed by atoms with E-state index in [4.69, 9.17) is 4.74 Å². The van der Waals surface area contributed by atoms with Crippen LogP contribution in [0.4, 0.5) is 0 Å². The maximum absolute atomic E-state index is 9.80. The molecule has 5 rings (SSSR count). The van der Waals surface area contributed by atoms with E-state index in [0.717, 1.165) is 31.6 Å². The summed E-state index contributed by atoms with van der Waals surface area (Å²) in [4.78, 5) is 0. The van der Waals surface area contributed by atoms with Crippen LogP contribution in [0.1, 0.15) is 71.5 Å². The molecule has 3 aliphatic rings. The van der Waals surface area contributed by atoms with Crippen LogP contribution in [-0.2, 0) is 12.8 Å². The molecule has 0 aromatic heterocycles. The first-order chi connectivity index (χ1) is 12.8. The Morgan fingerprint density at radius 2 is 1.77 bits per heavy atom. The number of hydrogen-bond donors (Lipinski definition) is 2. The Kier molecular flexibility index (Phi) is 4.22. The predicted octanol–water partition coefficient (Wildman–Crippen LogP) is 4.20. The van der Waals surface area contributed by atoms with Crippen molar-refractivity contribution in [2.75, 3.05) is 13.2 Å². The summed E-state index contributed by atoms with van der Waals surface area (Å²) in [5.41, 5.74) is 7.01. The van der Waals surface area contributed by atoms with Gasteiger partial charge in [0.1, 0.15) is 5.75 Å². The van der Waals surface area contributed by atoms with E-state index in [1.807, 2.05) is 0 Å². The third kappa shape index (κ3) is 2.74. The second-order valence-corrected chi connectivity index (χ2v) is 8.02. The summed E-state index contributed by atoms with van der Waals surface area (Å²) in [5.74, 6) is 1.34. The standard InChI is InChI=1S/C23H27NO2/c25-14-17-12-22(19-8-2-1-7-18(17)19)24-21-9-4-10-26-23-13-16-6-3-5-15(16)11-20(21)23/h1-2,7-8,11,13,17,21-22,24-25H,3-6,9-10,12,14H2. The normalized spacial score (nSPS) is 26.6. The highest BCUT2D eigenvalue weighted by molar-refractivity contribution is 5.47. The molecule has 0 saturated heterocycles. The van der Waals surface area contributed by atoms with Gasteiger partial charge in [-0.25, -0.2) is 0 Å². The molecule has 3 unspecified atom stereocenters. The number of fused-ring (bicyclic) bond motifs is 3. The molecule has 0 spiro atoms. The highest BCUT2D eigenvalue weighted by Gasteiger charge is 2.33. The van der Waals surface area contributed by atoms with Gasteiger partial charge >= 0.3 is 0 Å². The van der Waals surface area contributed by atoms with E-state index < -0.39 is 0 Å². The van der Waals surface area contributed by atoms with Crippen molar-refractivity contribution in [3.63, 3.8) is 0 Å². The van der Waals surface area contributed by atoms with Crippen molar-refractivity contribution in [2.45, 2.75) is 56.5 Å². The minimum atomic E-state index is 0.229. The molecule has 0 fully saturated rings. The molecular formula is C23H27NO2. The first kappa shape index (κ1) is 16.3. The molecule has 2 aromatic carbocycles. The number of hydrogen-bond acceptors (Lipinski definition) is 3. The van der Waals surface area contributed by atoms with Gasteiger partial charge in [0, 0.05) is 23.6 Å². The van der Waals surface area contributed by atoms with E-state index in [0.29, 0.717) is 12.1 Å². The van der Waals surface area contributed by atoms with Crippen LogP contribution in [-0.4, -0.2) is 18.3 Å². The van der Waals surface area contributed by atoms with Crippen molar-refractivity contribution in [1.82, 2.24) is 5.32 Å². The molecule has 3 heteroatoms. The average Bonchev–Trinajstić information content (AvgIpc) is 3.21. The lowest BCUT2D eigenvalue weighted by Gasteiger charge is -2.24. The monoisotopic (exact) mass is 349 g/mol. The average molecular weight is 349 g/mol. The third-order valence-electron chi connectivity index (χ3n) is 6.45. The lowest BCUT2D eigenvalue weighted by Crippen LogP contribution is -2.25. The predicted molar refractivity (Wildman–Crippen MR) is 103 cm³/mol. The van der Waals surface area contributed by atoms with Gasteiger partial charge in [-0.1, -0.05) is 30.3 Å². The van der Waals surface area contributed by atoms with Gasteiger partial charge in [-0.05, 0) is 66.8 Å². The molecule has 3 nitrogen and oxygen atoms in total. The number of benzene rings is 2. The van der Waals surface area contributed by atoms with Crippen molar-refractivity contribution >= 4 is 0 Å². The van der Waals surface area contributed by atoms with Gasteiger partial charge in [0.2, 0.25) is 0 Å². The Morgan fingerprint density at radius 1 is 0.962 bits per heavy atom. The van der Waals surface area contributed by atoms with Crippen LogP contribution in [0.2, 0.25) is 0 Å². The molecule has 2 N–H and O–H groups in total. The fourth-order valence-electron chi connectivity index (χ4n) is 5.13. The van der Waals surface area contributed by atoms with E-state index in [1.165, 1.54) is 47.1 Å². The van der Waals surface area contributed by atoms with Crippen LogP contribution in [0.5, 0.6) is 5.75 Å². The summed E-state index contributed by atoms with van der Waals surface area (Å²) >= 11 is 0. The summed E-state index contributed by atoms with van der Waals surface area (Å²) in [6.07, 6.45) is 6.83. The topological polar surface area (TPSA) is 41.5 Å². The van der Waals surface area contributed by atoms with Crippen LogP contribution in [0.15, 0.2) is 36.4 Å². The minimum absolute atomic E-state index is 0.229.